The Bertz CT molecular complexity index is 980. The number of amides is 1. The molecule has 1 unspecified atom stereocenters. The van der Waals surface area contributed by atoms with Crippen molar-refractivity contribution in [2.45, 2.75) is 33.7 Å². The van der Waals surface area contributed by atoms with E-state index in [0.717, 1.165) is 11.1 Å². The van der Waals surface area contributed by atoms with E-state index in [2.05, 4.69) is 17.3 Å². The fraction of sp³-hybridized carbons (Fsp3) is 0.633. The maximum absolute atomic E-state index is 12.4. The fourth-order valence-electron chi connectivity index (χ4n) is 3.49. The Morgan fingerprint density at radius 2 is 1.24 bits per heavy atom. The van der Waals surface area contributed by atoms with Crippen LogP contribution in [-0.4, -0.2) is 107 Å². The molecule has 0 aliphatic rings. The van der Waals surface area contributed by atoms with Gasteiger partial charge < -0.3 is 33.7 Å². The number of aromatic nitrogens is 2. The van der Waals surface area contributed by atoms with Gasteiger partial charge in [-0.3, -0.25) is 14.3 Å². The molecule has 1 amide bonds. The van der Waals surface area contributed by atoms with Crippen LogP contribution in [0.1, 0.15) is 48.3 Å². The lowest BCUT2D eigenvalue weighted by Crippen LogP contribution is -2.27. The maximum atomic E-state index is 12.4. The summed E-state index contributed by atoms with van der Waals surface area (Å²) in [6, 6.07) is 7.66. The summed E-state index contributed by atoms with van der Waals surface area (Å²) in [6.45, 7) is 13.3. The predicted octanol–water partition coefficient (Wildman–Crippen LogP) is 2.86. The number of nitrogens with zero attached hydrogens (tertiary/aromatic N) is 2. The molecule has 2 aromatic rings. The van der Waals surface area contributed by atoms with Crippen molar-refractivity contribution in [3.05, 3.63) is 53.3 Å². The van der Waals surface area contributed by atoms with E-state index in [-0.39, 0.29) is 30.3 Å². The largest absolute Gasteiger partial charge is 0.377 e. The summed E-state index contributed by atoms with van der Waals surface area (Å²) in [6.07, 6.45) is 3.84. The van der Waals surface area contributed by atoms with Gasteiger partial charge in [0.2, 0.25) is 0 Å². The number of carbonyl (C=O) groups is 2. The molecule has 230 valence electrons. The average Bonchev–Trinajstić information content (AvgIpc) is 3.41. The van der Waals surface area contributed by atoms with Crippen molar-refractivity contribution >= 4 is 11.7 Å². The van der Waals surface area contributed by atoms with Crippen molar-refractivity contribution in [2.24, 2.45) is 5.92 Å². The number of hydrogen-bond donors (Lipinski definition) is 1. The highest BCUT2D eigenvalue weighted by Gasteiger charge is 2.11. The van der Waals surface area contributed by atoms with Gasteiger partial charge in [0.05, 0.1) is 84.9 Å². The van der Waals surface area contributed by atoms with E-state index < -0.39 is 0 Å². The molecule has 11 heteroatoms. The van der Waals surface area contributed by atoms with Crippen LogP contribution in [0.2, 0.25) is 0 Å². The molecule has 0 spiro atoms. The second-order valence-corrected chi connectivity index (χ2v) is 9.79. The Labute approximate surface area is 243 Å². The number of benzene rings is 1. The smallest absolute Gasteiger partial charge is 0.251 e. The lowest BCUT2D eigenvalue weighted by atomic mass is 10.1. The quantitative estimate of drug-likeness (QED) is 0.188. The van der Waals surface area contributed by atoms with Gasteiger partial charge in [-0.15, -0.1) is 0 Å². The van der Waals surface area contributed by atoms with E-state index in [0.29, 0.717) is 84.8 Å². The molecule has 41 heavy (non-hydrogen) atoms. The fourth-order valence-corrected chi connectivity index (χ4v) is 3.49. The first kappa shape index (κ1) is 34.5. The van der Waals surface area contributed by atoms with E-state index >= 15 is 0 Å². The minimum Gasteiger partial charge on any atom is -0.377 e. The van der Waals surface area contributed by atoms with Crippen LogP contribution >= 0.6 is 0 Å². The number of nitrogens with one attached hydrogen (secondary N) is 1. The van der Waals surface area contributed by atoms with Crippen LogP contribution in [0.4, 0.5) is 0 Å². The third-order valence-electron chi connectivity index (χ3n) is 6.06. The molecule has 1 aromatic carbocycles. The molecule has 0 aliphatic heterocycles. The highest BCUT2D eigenvalue weighted by Crippen LogP contribution is 2.18. The first-order chi connectivity index (χ1) is 19.9. The Morgan fingerprint density at radius 3 is 1.71 bits per heavy atom. The van der Waals surface area contributed by atoms with Crippen LogP contribution < -0.4 is 5.32 Å². The van der Waals surface area contributed by atoms with Crippen molar-refractivity contribution in [1.29, 1.82) is 0 Å². The Hall–Kier alpha value is -2.67. The molecule has 0 radical (unpaired) electrons. The Morgan fingerprint density at radius 1 is 0.756 bits per heavy atom. The molecule has 0 fully saturated rings. The molecule has 0 saturated carbocycles. The Kier molecular flexibility index (Phi) is 17.8. The van der Waals surface area contributed by atoms with Gasteiger partial charge in [-0.1, -0.05) is 26.0 Å². The monoisotopic (exact) mass is 577 g/mol. The van der Waals surface area contributed by atoms with Crippen LogP contribution in [-0.2, 0) is 33.2 Å². The molecule has 1 atom stereocenters. The number of rotatable bonds is 24. The summed E-state index contributed by atoms with van der Waals surface area (Å²) >= 11 is 0. The van der Waals surface area contributed by atoms with Crippen molar-refractivity contribution in [2.75, 3.05) is 85.8 Å². The molecule has 11 nitrogen and oxygen atoms in total. The van der Waals surface area contributed by atoms with Gasteiger partial charge in [0.25, 0.3) is 5.91 Å². The van der Waals surface area contributed by atoms with Crippen molar-refractivity contribution < 1.29 is 38.0 Å². The van der Waals surface area contributed by atoms with E-state index in [1.165, 1.54) is 0 Å². The second kappa shape index (κ2) is 21.1. The van der Waals surface area contributed by atoms with E-state index in [1.54, 1.807) is 0 Å². The minimum absolute atomic E-state index is 0.00593. The van der Waals surface area contributed by atoms with Gasteiger partial charge in [-0.2, -0.15) is 5.10 Å². The third-order valence-corrected chi connectivity index (χ3v) is 6.06. The van der Waals surface area contributed by atoms with Gasteiger partial charge in [0, 0.05) is 24.2 Å². The number of aryl methyl sites for hydroxylation is 1. The predicted molar refractivity (Wildman–Crippen MR) is 154 cm³/mol. The summed E-state index contributed by atoms with van der Waals surface area (Å²) in [5, 5.41) is 7.23. The highest BCUT2D eigenvalue weighted by atomic mass is 16.6. The Balaban J connectivity index is 1.34. The third kappa shape index (κ3) is 15.2. The van der Waals surface area contributed by atoms with Crippen LogP contribution in [0.15, 0.2) is 36.7 Å². The normalized spacial score (nSPS) is 12.1. The van der Waals surface area contributed by atoms with Gasteiger partial charge in [0.1, 0.15) is 6.61 Å². The standard InChI is InChI=1S/C30H47N3O8/c1-24(2)29(34)23-41-20-19-40-18-17-39-16-15-38-14-13-37-12-11-36-10-9-31-30(35)28-7-5-27(6-8-28)26(4)33-22-25(3)21-32-33/h5-8,21-22,24,26H,9-20,23H2,1-4H3,(H,31,35). The average molecular weight is 578 g/mol. The van der Waals surface area contributed by atoms with Gasteiger partial charge >= 0.3 is 0 Å². The molecule has 0 aliphatic carbocycles. The van der Waals surface area contributed by atoms with Crippen molar-refractivity contribution in [3.63, 3.8) is 0 Å². The van der Waals surface area contributed by atoms with Crippen molar-refractivity contribution in [3.8, 4) is 0 Å². The molecule has 0 saturated heterocycles. The number of ether oxygens (including phenoxy) is 6. The maximum Gasteiger partial charge on any atom is 0.251 e. The molecule has 2 rings (SSSR count). The first-order valence-corrected chi connectivity index (χ1v) is 14.3. The summed E-state index contributed by atoms with van der Waals surface area (Å²) in [7, 11) is 0. The lowest BCUT2D eigenvalue weighted by Gasteiger charge is -2.13. The first-order valence-electron chi connectivity index (χ1n) is 14.3. The molecular weight excluding hydrogens is 530 g/mol. The second-order valence-electron chi connectivity index (χ2n) is 9.79. The van der Waals surface area contributed by atoms with E-state index in [4.69, 9.17) is 28.4 Å². The summed E-state index contributed by atoms with van der Waals surface area (Å²) < 4.78 is 34.4. The summed E-state index contributed by atoms with van der Waals surface area (Å²) in [5.74, 6) is -0.0437. The van der Waals surface area contributed by atoms with E-state index in [9.17, 15) is 9.59 Å². The molecule has 1 N–H and O–H groups in total. The molecule has 1 heterocycles. The van der Waals surface area contributed by atoms with Gasteiger partial charge in [-0.25, -0.2) is 0 Å². The number of carbonyl (C=O) groups excluding carboxylic acids is 2. The topological polar surface area (TPSA) is 119 Å². The van der Waals surface area contributed by atoms with Crippen LogP contribution in [0.5, 0.6) is 0 Å². The zero-order valence-corrected chi connectivity index (χ0v) is 25.0. The SMILES string of the molecule is Cc1cnn(C(C)c2ccc(C(=O)NCCOCCOCCOCCOCCOCCOCC(=O)C(C)C)cc2)c1. The van der Waals surface area contributed by atoms with Gasteiger partial charge in [0.15, 0.2) is 5.78 Å². The molecular formula is C30H47N3O8. The zero-order chi connectivity index (χ0) is 29.7. The number of hydrogen-bond acceptors (Lipinski definition) is 9. The highest BCUT2D eigenvalue weighted by molar-refractivity contribution is 5.94. The summed E-state index contributed by atoms with van der Waals surface area (Å²) in [4.78, 5) is 23.8. The number of Topliss-reactive ketones (excluding diaryl/α,β-unsaturated/α-hetero) is 1. The molecule has 1 aromatic heterocycles. The minimum atomic E-state index is -0.131. The molecule has 0 bridgehead atoms. The van der Waals surface area contributed by atoms with Crippen molar-refractivity contribution in [1.82, 2.24) is 15.1 Å². The van der Waals surface area contributed by atoms with Crippen LogP contribution in [0.25, 0.3) is 0 Å². The lowest BCUT2D eigenvalue weighted by molar-refractivity contribution is -0.127. The van der Waals surface area contributed by atoms with Crippen LogP contribution in [0, 0.1) is 12.8 Å². The van der Waals surface area contributed by atoms with Gasteiger partial charge in [-0.05, 0) is 37.1 Å². The zero-order valence-electron chi connectivity index (χ0n) is 25.0. The van der Waals surface area contributed by atoms with E-state index in [1.807, 2.05) is 62.1 Å². The number of ketones is 1. The summed E-state index contributed by atoms with van der Waals surface area (Å²) in [5.41, 5.74) is 2.81. The van der Waals surface area contributed by atoms with Crippen LogP contribution in [0.3, 0.4) is 0 Å².